The lowest BCUT2D eigenvalue weighted by atomic mass is 9.85. The molecule has 2 bridgehead atoms. The summed E-state index contributed by atoms with van der Waals surface area (Å²) in [6, 6.07) is 9.81. The Morgan fingerprint density at radius 2 is 1.94 bits per heavy atom. The monoisotopic (exact) mass is 245 g/mol. The van der Waals surface area contributed by atoms with Crippen LogP contribution in [0.25, 0.3) is 0 Å². The summed E-state index contributed by atoms with van der Waals surface area (Å²) < 4.78 is 5.42. The fourth-order valence-corrected chi connectivity index (χ4v) is 3.51. The van der Waals surface area contributed by atoms with Crippen LogP contribution in [0.15, 0.2) is 30.3 Å². The first-order valence-corrected chi connectivity index (χ1v) is 6.72. The summed E-state index contributed by atoms with van der Waals surface area (Å²) in [4.78, 5) is 12.1. The van der Waals surface area contributed by atoms with Crippen molar-refractivity contribution < 1.29 is 9.53 Å². The molecule has 2 aliphatic carbocycles. The van der Waals surface area contributed by atoms with Crippen LogP contribution in [0.2, 0.25) is 0 Å². The molecule has 2 aliphatic rings. The van der Waals surface area contributed by atoms with Crippen LogP contribution in [0, 0.1) is 17.8 Å². The quantitative estimate of drug-likeness (QED) is 0.830. The second kappa shape index (κ2) is 4.73. The Balaban J connectivity index is 1.59. The molecule has 2 N–H and O–H groups in total. The van der Waals surface area contributed by atoms with Gasteiger partial charge in [0.05, 0.1) is 5.92 Å². The molecule has 0 aromatic heterocycles. The number of nitrogens with two attached hydrogens (primary N) is 1. The number of benzene rings is 1. The summed E-state index contributed by atoms with van der Waals surface area (Å²) in [6.07, 6.45) is 3.45. The smallest absolute Gasteiger partial charge is 0.311 e. The standard InChI is InChI=1S/C15H19NO2/c16-14-12-7-6-11(8-12)13(14)15(17)18-9-10-4-2-1-3-5-10/h1-5,11-14H,6-9,16H2/t11-,12+,13+,14+/m1/s1. The molecular formula is C15H19NO2. The van der Waals surface area contributed by atoms with Gasteiger partial charge >= 0.3 is 5.97 Å². The Morgan fingerprint density at radius 3 is 2.61 bits per heavy atom. The molecule has 0 amide bonds. The van der Waals surface area contributed by atoms with E-state index in [0.717, 1.165) is 18.4 Å². The predicted molar refractivity (Wildman–Crippen MR) is 68.5 cm³/mol. The molecule has 18 heavy (non-hydrogen) atoms. The minimum absolute atomic E-state index is 0.0204. The topological polar surface area (TPSA) is 52.3 Å². The van der Waals surface area contributed by atoms with Crippen LogP contribution in [0.1, 0.15) is 24.8 Å². The number of carbonyl (C=O) groups excluding carboxylic acids is 1. The second-order valence-corrected chi connectivity index (χ2v) is 5.53. The minimum atomic E-state index is -0.0986. The zero-order chi connectivity index (χ0) is 12.5. The van der Waals surface area contributed by atoms with Gasteiger partial charge in [-0.05, 0) is 36.7 Å². The van der Waals surface area contributed by atoms with Gasteiger partial charge in [-0.2, -0.15) is 0 Å². The highest BCUT2D eigenvalue weighted by atomic mass is 16.5. The Bertz CT molecular complexity index is 429. The van der Waals surface area contributed by atoms with E-state index < -0.39 is 0 Å². The van der Waals surface area contributed by atoms with E-state index in [1.165, 1.54) is 6.42 Å². The van der Waals surface area contributed by atoms with Gasteiger partial charge in [-0.1, -0.05) is 30.3 Å². The van der Waals surface area contributed by atoms with Crippen molar-refractivity contribution in [3.05, 3.63) is 35.9 Å². The first-order chi connectivity index (χ1) is 8.75. The molecule has 0 aliphatic heterocycles. The maximum atomic E-state index is 12.1. The molecule has 3 heteroatoms. The Hall–Kier alpha value is -1.35. The van der Waals surface area contributed by atoms with Crippen LogP contribution in [0.3, 0.4) is 0 Å². The van der Waals surface area contributed by atoms with Crippen LogP contribution < -0.4 is 5.73 Å². The van der Waals surface area contributed by atoms with Crippen molar-refractivity contribution in [2.45, 2.75) is 31.9 Å². The van der Waals surface area contributed by atoms with Crippen LogP contribution in [-0.2, 0) is 16.1 Å². The van der Waals surface area contributed by atoms with Crippen molar-refractivity contribution in [1.82, 2.24) is 0 Å². The molecule has 1 aromatic rings. The summed E-state index contributed by atoms with van der Waals surface area (Å²) in [6.45, 7) is 0.361. The third-order valence-corrected chi connectivity index (χ3v) is 4.48. The van der Waals surface area contributed by atoms with Gasteiger partial charge in [-0.15, -0.1) is 0 Å². The highest BCUT2D eigenvalue weighted by molar-refractivity contribution is 5.74. The highest BCUT2D eigenvalue weighted by Crippen LogP contribution is 2.48. The van der Waals surface area contributed by atoms with Crippen molar-refractivity contribution in [1.29, 1.82) is 0 Å². The first kappa shape index (κ1) is 11.7. The first-order valence-electron chi connectivity index (χ1n) is 6.72. The fraction of sp³-hybridized carbons (Fsp3) is 0.533. The van der Waals surface area contributed by atoms with Crippen LogP contribution in [-0.4, -0.2) is 12.0 Å². The van der Waals surface area contributed by atoms with E-state index in [1.54, 1.807) is 0 Å². The molecule has 2 fully saturated rings. The second-order valence-electron chi connectivity index (χ2n) is 5.53. The molecule has 3 nitrogen and oxygen atoms in total. The number of fused-ring (bicyclic) bond motifs is 2. The molecule has 0 radical (unpaired) electrons. The van der Waals surface area contributed by atoms with Gasteiger partial charge in [0, 0.05) is 6.04 Å². The largest absolute Gasteiger partial charge is 0.461 e. The molecule has 0 unspecified atom stereocenters. The van der Waals surface area contributed by atoms with E-state index in [1.807, 2.05) is 30.3 Å². The van der Waals surface area contributed by atoms with E-state index in [9.17, 15) is 4.79 Å². The van der Waals surface area contributed by atoms with Gasteiger partial charge in [0.1, 0.15) is 6.61 Å². The van der Waals surface area contributed by atoms with Gasteiger partial charge in [-0.3, -0.25) is 4.79 Å². The molecule has 0 saturated heterocycles. The summed E-state index contributed by atoms with van der Waals surface area (Å²) in [7, 11) is 0. The maximum Gasteiger partial charge on any atom is 0.311 e. The number of rotatable bonds is 3. The van der Waals surface area contributed by atoms with Crippen molar-refractivity contribution in [2.24, 2.45) is 23.5 Å². The van der Waals surface area contributed by atoms with Gasteiger partial charge < -0.3 is 10.5 Å². The highest BCUT2D eigenvalue weighted by Gasteiger charge is 2.49. The Labute approximate surface area is 107 Å². The summed E-state index contributed by atoms with van der Waals surface area (Å²) in [5, 5.41) is 0. The maximum absolute atomic E-state index is 12.1. The fourth-order valence-electron chi connectivity index (χ4n) is 3.51. The normalized spacial score (nSPS) is 33.6. The van der Waals surface area contributed by atoms with Gasteiger partial charge in [0.15, 0.2) is 0 Å². The van der Waals surface area contributed by atoms with Gasteiger partial charge in [0.2, 0.25) is 0 Å². The van der Waals surface area contributed by atoms with Crippen molar-refractivity contribution >= 4 is 5.97 Å². The van der Waals surface area contributed by atoms with Crippen LogP contribution in [0.5, 0.6) is 0 Å². The predicted octanol–water partition coefficient (Wildman–Crippen LogP) is 2.10. The van der Waals surface area contributed by atoms with Crippen molar-refractivity contribution in [3.63, 3.8) is 0 Å². The molecule has 3 rings (SSSR count). The lowest BCUT2D eigenvalue weighted by molar-refractivity contribution is -0.152. The summed E-state index contributed by atoms with van der Waals surface area (Å²) >= 11 is 0. The zero-order valence-electron chi connectivity index (χ0n) is 10.4. The van der Waals surface area contributed by atoms with Crippen molar-refractivity contribution in [3.8, 4) is 0 Å². The SMILES string of the molecule is N[C@H]1[C@H]2CC[C@H](C2)[C@@H]1C(=O)OCc1ccccc1. The van der Waals surface area contributed by atoms with E-state index in [0.29, 0.717) is 18.4 Å². The number of hydrogen-bond acceptors (Lipinski definition) is 3. The Morgan fingerprint density at radius 1 is 1.22 bits per heavy atom. The molecule has 2 saturated carbocycles. The van der Waals surface area contributed by atoms with Crippen LogP contribution in [0.4, 0.5) is 0 Å². The minimum Gasteiger partial charge on any atom is -0.461 e. The number of hydrogen-bond donors (Lipinski definition) is 1. The van der Waals surface area contributed by atoms with Crippen molar-refractivity contribution in [2.75, 3.05) is 0 Å². The summed E-state index contributed by atoms with van der Waals surface area (Å²) in [5.74, 6) is 0.851. The third-order valence-electron chi connectivity index (χ3n) is 4.48. The third kappa shape index (κ3) is 2.03. The molecular weight excluding hydrogens is 226 g/mol. The van der Waals surface area contributed by atoms with E-state index >= 15 is 0 Å². The Kier molecular flexibility index (Phi) is 3.08. The van der Waals surface area contributed by atoms with Crippen LogP contribution >= 0.6 is 0 Å². The van der Waals surface area contributed by atoms with Gasteiger partial charge in [0.25, 0.3) is 0 Å². The van der Waals surface area contributed by atoms with E-state index in [2.05, 4.69) is 0 Å². The lowest BCUT2D eigenvalue weighted by Crippen LogP contribution is -2.40. The molecule has 4 atom stereocenters. The van der Waals surface area contributed by atoms with Gasteiger partial charge in [-0.25, -0.2) is 0 Å². The molecule has 1 aromatic carbocycles. The number of carbonyl (C=O) groups is 1. The van der Waals surface area contributed by atoms with E-state index in [4.69, 9.17) is 10.5 Å². The summed E-state index contributed by atoms with van der Waals surface area (Å²) in [5.41, 5.74) is 7.16. The number of ether oxygens (including phenoxy) is 1. The molecule has 0 heterocycles. The zero-order valence-corrected chi connectivity index (χ0v) is 10.4. The average molecular weight is 245 g/mol. The molecule has 96 valence electrons. The lowest BCUT2D eigenvalue weighted by Gasteiger charge is -2.26. The van der Waals surface area contributed by atoms with E-state index in [-0.39, 0.29) is 17.9 Å². The molecule has 0 spiro atoms. The average Bonchev–Trinajstić information content (AvgIpc) is 2.98. The number of esters is 1.